The third kappa shape index (κ3) is 3.94. The quantitative estimate of drug-likeness (QED) is 0.560. The first-order valence-electron chi connectivity index (χ1n) is 10.6. The van der Waals surface area contributed by atoms with Crippen LogP contribution in [0, 0.1) is 0 Å². The van der Waals surface area contributed by atoms with Crippen molar-refractivity contribution in [2.75, 3.05) is 13.1 Å². The SMILES string of the molecule is CC1=C(C(=O)NC2CCCCCC2)C2(CCN(S(=O)(=O)c3cccs3)CC2)OC1=O. The molecule has 9 heteroatoms. The van der Waals surface area contributed by atoms with E-state index in [0.717, 1.165) is 25.7 Å². The normalized spacial score (nSPS) is 23.4. The molecule has 0 unspecified atom stereocenters. The van der Waals surface area contributed by atoms with Crippen LogP contribution in [0.1, 0.15) is 58.3 Å². The number of nitrogens with one attached hydrogen (secondary N) is 1. The highest BCUT2D eigenvalue weighted by molar-refractivity contribution is 7.91. The maximum Gasteiger partial charge on any atom is 0.335 e. The molecule has 0 aromatic carbocycles. The molecule has 0 radical (unpaired) electrons. The number of sulfonamides is 1. The van der Waals surface area contributed by atoms with Crippen molar-refractivity contribution in [1.82, 2.24) is 9.62 Å². The van der Waals surface area contributed by atoms with E-state index in [1.807, 2.05) is 0 Å². The van der Waals surface area contributed by atoms with Gasteiger partial charge in [-0.3, -0.25) is 4.79 Å². The Hall–Kier alpha value is -1.71. The van der Waals surface area contributed by atoms with E-state index < -0.39 is 21.6 Å². The van der Waals surface area contributed by atoms with E-state index in [9.17, 15) is 18.0 Å². The molecule has 7 nitrogen and oxygen atoms in total. The monoisotopic (exact) mass is 452 g/mol. The minimum absolute atomic E-state index is 0.118. The highest BCUT2D eigenvalue weighted by atomic mass is 32.2. The maximum atomic E-state index is 13.2. The average molecular weight is 453 g/mol. The molecule has 1 aromatic heterocycles. The van der Waals surface area contributed by atoms with Crippen LogP contribution in [-0.2, 0) is 24.3 Å². The van der Waals surface area contributed by atoms with E-state index in [4.69, 9.17) is 4.74 Å². The summed E-state index contributed by atoms with van der Waals surface area (Å²) in [6.45, 7) is 2.05. The van der Waals surface area contributed by atoms with Crippen molar-refractivity contribution >= 4 is 33.2 Å². The Morgan fingerprint density at radius 1 is 1.20 bits per heavy atom. The standard InChI is InChI=1S/C21H28N2O5S2/c1-15-18(19(24)22-16-7-4-2-3-5-8-16)21(28-20(15)25)10-12-23(13-11-21)30(26,27)17-9-6-14-29-17/h6,9,14,16H,2-5,7-8,10-13H2,1H3,(H,22,24). The minimum atomic E-state index is -3.56. The molecule has 30 heavy (non-hydrogen) atoms. The highest BCUT2D eigenvalue weighted by Crippen LogP contribution is 2.42. The molecule has 3 aliphatic rings. The second-order valence-electron chi connectivity index (χ2n) is 8.38. The smallest absolute Gasteiger partial charge is 0.335 e. The van der Waals surface area contributed by atoms with Crippen molar-refractivity contribution in [1.29, 1.82) is 0 Å². The molecule has 0 atom stereocenters. The van der Waals surface area contributed by atoms with E-state index in [0.29, 0.717) is 15.4 Å². The van der Waals surface area contributed by atoms with E-state index in [1.165, 1.54) is 28.5 Å². The van der Waals surface area contributed by atoms with Crippen LogP contribution in [0.15, 0.2) is 32.9 Å². The molecule has 1 aromatic rings. The van der Waals surface area contributed by atoms with Gasteiger partial charge in [-0.25, -0.2) is 13.2 Å². The summed E-state index contributed by atoms with van der Waals surface area (Å²) in [6.07, 6.45) is 7.04. The first kappa shape index (κ1) is 21.5. The number of thiophene rings is 1. The van der Waals surface area contributed by atoms with Crippen LogP contribution in [0.5, 0.6) is 0 Å². The summed E-state index contributed by atoms with van der Waals surface area (Å²) in [5, 5.41) is 4.86. The van der Waals surface area contributed by atoms with E-state index in [1.54, 1.807) is 24.4 Å². The van der Waals surface area contributed by atoms with Crippen LogP contribution in [0.3, 0.4) is 0 Å². The van der Waals surface area contributed by atoms with Crippen LogP contribution < -0.4 is 5.32 Å². The predicted octanol–water partition coefficient (Wildman–Crippen LogP) is 2.98. The van der Waals surface area contributed by atoms with Gasteiger partial charge in [0.1, 0.15) is 9.81 Å². The minimum Gasteiger partial charge on any atom is -0.450 e. The average Bonchev–Trinajstić information content (AvgIpc) is 3.24. The highest BCUT2D eigenvalue weighted by Gasteiger charge is 2.52. The molecule has 1 saturated carbocycles. The molecule has 3 heterocycles. The van der Waals surface area contributed by atoms with Crippen LogP contribution in [0.25, 0.3) is 0 Å². The number of piperidine rings is 1. The fourth-order valence-corrected chi connectivity index (χ4v) is 7.37. The number of ether oxygens (including phenoxy) is 1. The van der Waals surface area contributed by atoms with E-state index in [-0.39, 0.29) is 37.9 Å². The second kappa shape index (κ2) is 8.43. The largest absolute Gasteiger partial charge is 0.450 e. The first-order valence-corrected chi connectivity index (χ1v) is 12.9. The van der Waals surface area contributed by atoms with Crippen LogP contribution >= 0.6 is 11.3 Å². The van der Waals surface area contributed by atoms with Crippen molar-refractivity contribution < 1.29 is 22.7 Å². The summed E-state index contributed by atoms with van der Waals surface area (Å²) in [6, 6.07) is 3.42. The van der Waals surface area contributed by atoms with Gasteiger partial charge in [0.05, 0.1) is 5.57 Å². The number of nitrogens with zero attached hydrogens (tertiary/aromatic N) is 1. The second-order valence-corrected chi connectivity index (χ2v) is 11.5. The number of carbonyl (C=O) groups is 2. The summed E-state index contributed by atoms with van der Waals surface area (Å²) in [4.78, 5) is 25.6. The molecule has 1 spiro atoms. The van der Waals surface area contributed by atoms with Crippen molar-refractivity contribution in [3.05, 3.63) is 28.7 Å². The summed E-state index contributed by atoms with van der Waals surface area (Å²) < 4.78 is 33.1. The molecule has 2 fully saturated rings. The van der Waals surface area contributed by atoms with Gasteiger partial charge in [-0.1, -0.05) is 31.7 Å². The van der Waals surface area contributed by atoms with Gasteiger partial charge in [0.25, 0.3) is 15.9 Å². The van der Waals surface area contributed by atoms with Crippen molar-refractivity contribution in [2.24, 2.45) is 0 Å². The summed E-state index contributed by atoms with van der Waals surface area (Å²) in [5.74, 6) is -0.713. The van der Waals surface area contributed by atoms with Crippen LogP contribution in [-0.4, -0.2) is 49.3 Å². The fraction of sp³-hybridized carbons (Fsp3) is 0.619. The van der Waals surface area contributed by atoms with Gasteiger partial charge < -0.3 is 10.1 Å². The van der Waals surface area contributed by atoms with E-state index in [2.05, 4.69) is 5.32 Å². The maximum absolute atomic E-state index is 13.2. The third-order valence-electron chi connectivity index (χ3n) is 6.46. The number of rotatable bonds is 4. The number of esters is 1. The van der Waals surface area contributed by atoms with E-state index >= 15 is 0 Å². The summed E-state index contributed by atoms with van der Waals surface area (Å²) >= 11 is 1.19. The number of hydrogen-bond donors (Lipinski definition) is 1. The third-order valence-corrected chi connectivity index (χ3v) is 9.73. The summed E-state index contributed by atoms with van der Waals surface area (Å²) in [5.41, 5.74) is -0.294. The van der Waals surface area contributed by atoms with Gasteiger partial charge in [0, 0.05) is 37.5 Å². The molecular weight excluding hydrogens is 424 g/mol. The Kier molecular flexibility index (Phi) is 6.05. The Morgan fingerprint density at radius 2 is 1.87 bits per heavy atom. The van der Waals surface area contributed by atoms with Gasteiger partial charge in [-0.05, 0) is 31.2 Å². The molecule has 164 valence electrons. The molecule has 4 rings (SSSR count). The number of carbonyl (C=O) groups excluding carboxylic acids is 2. The van der Waals surface area contributed by atoms with Gasteiger partial charge >= 0.3 is 5.97 Å². The summed E-state index contributed by atoms with van der Waals surface area (Å²) in [7, 11) is -3.56. The van der Waals surface area contributed by atoms with Gasteiger partial charge in [-0.2, -0.15) is 4.31 Å². The topological polar surface area (TPSA) is 92.8 Å². The lowest BCUT2D eigenvalue weighted by molar-refractivity contribution is -0.150. The molecule has 2 aliphatic heterocycles. The zero-order valence-corrected chi connectivity index (χ0v) is 18.8. The van der Waals surface area contributed by atoms with Gasteiger partial charge in [0.15, 0.2) is 0 Å². The zero-order chi connectivity index (χ0) is 21.4. The van der Waals surface area contributed by atoms with Gasteiger partial charge in [-0.15, -0.1) is 11.3 Å². The van der Waals surface area contributed by atoms with Crippen LogP contribution in [0.4, 0.5) is 0 Å². The van der Waals surface area contributed by atoms with Crippen molar-refractivity contribution in [3.8, 4) is 0 Å². The Bertz CT molecular complexity index is 936. The lowest BCUT2D eigenvalue weighted by atomic mass is 9.83. The Labute approximate surface area is 181 Å². The Morgan fingerprint density at radius 3 is 2.47 bits per heavy atom. The molecule has 0 bridgehead atoms. The first-order chi connectivity index (χ1) is 14.3. The number of hydrogen-bond acceptors (Lipinski definition) is 6. The molecule has 1 amide bonds. The molecule has 1 aliphatic carbocycles. The lowest BCUT2D eigenvalue weighted by Gasteiger charge is -2.38. The fourth-order valence-electron chi connectivity index (χ4n) is 4.78. The number of amides is 1. The van der Waals surface area contributed by atoms with Crippen molar-refractivity contribution in [2.45, 2.75) is 74.1 Å². The predicted molar refractivity (Wildman–Crippen MR) is 113 cm³/mol. The molecular formula is C21H28N2O5S2. The zero-order valence-electron chi connectivity index (χ0n) is 17.2. The molecule has 1 N–H and O–H groups in total. The molecule has 1 saturated heterocycles. The lowest BCUT2D eigenvalue weighted by Crippen LogP contribution is -2.50. The Balaban J connectivity index is 1.50. The van der Waals surface area contributed by atoms with Crippen LogP contribution in [0.2, 0.25) is 0 Å². The van der Waals surface area contributed by atoms with Crippen molar-refractivity contribution in [3.63, 3.8) is 0 Å². The van der Waals surface area contributed by atoms with Gasteiger partial charge in [0.2, 0.25) is 0 Å².